The van der Waals surface area contributed by atoms with Gasteiger partial charge in [0.05, 0.1) is 13.2 Å². The Kier molecular flexibility index (Phi) is 4.54. The van der Waals surface area contributed by atoms with Gasteiger partial charge in [-0.2, -0.15) is 0 Å². The minimum Gasteiger partial charge on any atom is -0.372 e. The van der Waals surface area contributed by atoms with E-state index in [0.29, 0.717) is 13.2 Å². The van der Waals surface area contributed by atoms with Gasteiger partial charge in [-0.15, -0.1) is 0 Å². The highest BCUT2D eigenvalue weighted by molar-refractivity contribution is 5.97. The molecule has 0 bridgehead atoms. The molecule has 142 valence electrons. The van der Waals surface area contributed by atoms with E-state index >= 15 is 0 Å². The van der Waals surface area contributed by atoms with E-state index in [4.69, 9.17) is 4.74 Å². The van der Waals surface area contributed by atoms with Crippen LogP contribution in [-0.2, 0) is 18.0 Å². The molecular formula is C28H24O. The number of benzene rings is 4. The first-order valence-electron chi connectivity index (χ1n) is 10.2. The van der Waals surface area contributed by atoms with E-state index in [1.807, 2.05) is 0 Å². The van der Waals surface area contributed by atoms with Gasteiger partial charge in [0, 0.05) is 0 Å². The number of rotatable bonds is 3. The van der Waals surface area contributed by atoms with Crippen LogP contribution in [0.1, 0.15) is 22.3 Å². The average molecular weight is 376 g/mol. The van der Waals surface area contributed by atoms with E-state index in [-0.39, 0.29) is 0 Å². The van der Waals surface area contributed by atoms with Crippen molar-refractivity contribution in [2.24, 2.45) is 0 Å². The first-order valence-corrected chi connectivity index (χ1v) is 10.2. The number of hydrogen-bond acceptors (Lipinski definition) is 1. The lowest BCUT2D eigenvalue weighted by Crippen LogP contribution is -1.99. The van der Waals surface area contributed by atoms with Gasteiger partial charge in [-0.3, -0.25) is 0 Å². The van der Waals surface area contributed by atoms with Crippen molar-refractivity contribution >= 4 is 0 Å². The Bertz CT molecular complexity index is 1170. The Morgan fingerprint density at radius 1 is 0.621 bits per heavy atom. The van der Waals surface area contributed by atoms with Crippen LogP contribution in [0.15, 0.2) is 84.9 Å². The van der Waals surface area contributed by atoms with E-state index in [9.17, 15) is 0 Å². The molecule has 0 spiro atoms. The van der Waals surface area contributed by atoms with Crippen LogP contribution in [0.5, 0.6) is 0 Å². The summed E-state index contributed by atoms with van der Waals surface area (Å²) in [6.45, 7) is 5.73. The molecule has 0 aromatic heterocycles. The highest BCUT2D eigenvalue weighted by Crippen LogP contribution is 2.46. The van der Waals surface area contributed by atoms with Crippen molar-refractivity contribution in [1.29, 1.82) is 0 Å². The van der Waals surface area contributed by atoms with Gasteiger partial charge in [0.25, 0.3) is 0 Å². The van der Waals surface area contributed by atoms with Gasteiger partial charge >= 0.3 is 0 Å². The zero-order valence-corrected chi connectivity index (χ0v) is 16.9. The second-order valence-corrected chi connectivity index (χ2v) is 7.86. The molecule has 29 heavy (non-hydrogen) atoms. The van der Waals surface area contributed by atoms with E-state index in [1.54, 1.807) is 0 Å². The van der Waals surface area contributed by atoms with Crippen molar-refractivity contribution in [3.63, 3.8) is 0 Å². The first-order chi connectivity index (χ1) is 14.2. The third kappa shape index (κ3) is 3.18. The van der Waals surface area contributed by atoms with Gasteiger partial charge in [0.15, 0.2) is 0 Å². The summed E-state index contributed by atoms with van der Waals surface area (Å²) in [7, 11) is 0. The second-order valence-electron chi connectivity index (χ2n) is 7.86. The number of aryl methyl sites for hydroxylation is 2. The molecule has 0 amide bonds. The molecular weight excluding hydrogens is 352 g/mol. The molecule has 4 aromatic carbocycles. The van der Waals surface area contributed by atoms with Gasteiger partial charge in [0.2, 0.25) is 0 Å². The molecule has 1 heteroatoms. The van der Waals surface area contributed by atoms with Crippen LogP contribution in [-0.4, -0.2) is 0 Å². The number of ether oxygens (including phenoxy) is 1. The summed E-state index contributed by atoms with van der Waals surface area (Å²) < 4.78 is 5.92. The average Bonchev–Trinajstić information content (AvgIpc) is 3.22. The molecule has 1 nitrogen and oxygen atoms in total. The molecule has 0 saturated heterocycles. The predicted octanol–water partition coefficient (Wildman–Crippen LogP) is 7.33. The minimum atomic E-state index is 0.673. The van der Waals surface area contributed by atoms with Crippen LogP contribution in [0.25, 0.3) is 33.4 Å². The lowest BCUT2D eigenvalue weighted by molar-refractivity contribution is 0.134. The van der Waals surface area contributed by atoms with Gasteiger partial charge in [-0.1, -0.05) is 84.4 Å². The van der Waals surface area contributed by atoms with Gasteiger partial charge < -0.3 is 4.74 Å². The van der Waals surface area contributed by atoms with Gasteiger partial charge in [0.1, 0.15) is 0 Å². The van der Waals surface area contributed by atoms with Crippen molar-refractivity contribution in [1.82, 2.24) is 0 Å². The van der Waals surface area contributed by atoms with Gasteiger partial charge in [-0.05, 0) is 70.0 Å². The Hall–Kier alpha value is -3.16. The fraction of sp³-hybridized carbons (Fsp3) is 0.143. The molecule has 0 atom stereocenters. The summed E-state index contributed by atoms with van der Waals surface area (Å²) >= 11 is 0. The molecule has 0 unspecified atom stereocenters. The van der Waals surface area contributed by atoms with Crippen molar-refractivity contribution < 1.29 is 4.74 Å². The minimum absolute atomic E-state index is 0.673. The highest BCUT2D eigenvalue weighted by atomic mass is 16.5. The molecule has 0 saturated carbocycles. The van der Waals surface area contributed by atoms with Crippen LogP contribution in [0.4, 0.5) is 0 Å². The van der Waals surface area contributed by atoms with Crippen LogP contribution in [0.3, 0.4) is 0 Å². The van der Waals surface area contributed by atoms with Crippen LogP contribution in [0.2, 0.25) is 0 Å². The lowest BCUT2D eigenvalue weighted by atomic mass is 9.82. The molecule has 4 aromatic rings. The topological polar surface area (TPSA) is 9.23 Å². The summed E-state index contributed by atoms with van der Waals surface area (Å²) in [6.07, 6.45) is 0. The van der Waals surface area contributed by atoms with Gasteiger partial charge in [-0.25, -0.2) is 0 Å². The third-order valence-corrected chi connectivity index (χ3v) is 5.83. The molecule has 0 radical (unpaired) electrons. The second kappa shape index (κ2) is 7.35. The highest BCUT2D eigenvalue weighted by Gasteiger charge is 2.25. The lowest BCUT2D eigenvalue weighted by Gasteiger charge is -2.21. The van der Waals surface area contributed by atoms with Crippen molar-refractivity contribution in [3.8, 4) is 33.4 Å². The summed E-state index contributed by atoms with van der Waals surface area (Å²) in [5, 5.41) is 0. The Balaban J connectivity index is 1.91. The van der Waals surface area contributed by atoms with E-state index in [0.717, 1.165) is 0 Å². The summed E-state index contributed by atoms with van der Waals surface area (Å²) in [4.78, 5) is 0. The molecule has 5 rings (SSSR count). The number of fused-ring (bicyclic) bond motifs is 1. The summed E-state index contributed by atoms with van der Waals surface area (Å²) in [5.74, 6) is 0. The third-order valence-electron chi connectivity index (χ3n) is 5.83. The van der Waals surface area contributed by atoms with Crippen LogP contribution < -0.4 is 0 Å². The van der Waals surface area contributed by atoms with Crippen molar-refractivity contribution in [2.45, 2.75) is 27.1 Å². The smallest absolute Gasteiger partial charge is 0.0731 e. The van der Waals surface area contributed by atoms with Crippen molar-refractivity contribution in [3.05, 3.63) is 107 Å². The molecule has 1 aliphatic rings. The molecule has 0 N–H and O–H groups in total. The maximum Gasteiger partial charge on any atom is 0.0731 e. The Labute approximate surface area is 172 Å². The predicted molar refractivity (Wildman–Crippen MR) is 121 cm³/mol. The zero-order chi connectivity index (χ0) is 19.8. The largest absolute Gasteiger partial charge is 0.372 e. The molecule has 1 aliphatic heterocycles. The maximum atomic E-state index is 5.92. The normalized spacial score (nSPS) is 12.8. The molecule has 0 fully saturated rings. The summed E-state index contributed by atoms with van der Waals surface area (Å²) in [5.41, 5.74) is 12.9. The quantitative estimate of drug-likeness (QED) is 0.363. The summed E-state index contributed by atoms with van der Waals surface area (Å²) in [6, 6.07) is 30.6. The fourth-order valence-corrected chi connectivity index (χ4v) is 4.48. The van der Waals surface area contributed by atoms with Crippen molar-refractivity contribution in [2.75, 3.05) is 0 Å². The zero-order valence-electron chi connectivity index (χ0n) is 16.9. The van der Waals surface area contributed by atoms with E-state index < -0.39 is 0 Å². The molecule has 0 aliphatic carbocycles. The number of hydrogen-bond donors (Lipinski definition) is 0. The standard InChI is InChI=1S/C28H24O/c1-19-13-14-24(20(2)15-19)28-26-18-29-17-23(26)16-25(21-9-5-3-6-10-21)27(28)22-11-7-4-8-12-22/h3-16H,17-18H2,1-2H3. The van der Waals surface area contributed by atoms with Crippen LogP contribution >= 0.6 is 0 Å². The fourth-order valence-electron chi connectivity index (χ4n) is 4.48. The molecule has 1 heterocycles. The monoisotopic (exact) mass is 376 g/mol. The Morgan fingerprint density at radius 2 is 1.31 bits per heavy atom. The SMILES string of the molecule is Cc1ccc(-c2c3c(cc(-c4ccccc4)c2-c2ccccc2)COC3)c(C)c1. The maximum absolute atomic E-state index is 5.92. The van der Waals surface area contributed by atoms with E-state index in [2.05, 4.69) is 98.8 Å². The first kappa shape index (κ1) is 17.9. The Morgan fingerprint density at radius 3 is 2.00 bits per heavy atom. The van der Waals surface area contributed by atoms with Crippen LogP contribution in [0, 0.1) is 13.8 Å². The van der Waals surface area contributed by atoms with E-state index in [1.165, 1.54) is 55.6 Å².